The van der Waals surface area contributed by atoms with Crippen molar-refractivity contribution in [3.8, 4) is 0 Å². The number of rotatable bonds is 2. The summed E-state index contributed by atoms with van der Waals surface area (Å²) in [6.45, 7) is 5.18. The lowest BCUT2D eigenvalue weighted by atomic mass is 9.74. The fourth-order valence-corrected chi connectivity index (χ4v) is 3.90. The van der Waals surface area contributed by atoms with E-state index in [0.717, 1.165) is 6.07 Å². The predicted octanol–water partition coefficient (Wildman–Crippen LogP) is 2.21. The molecule has 1 aromatic rings. The maximum absolute atomic E-state index is 14.3. The predicted molar refractivity (Wildman–Crippen MR) is 82.0 cm³/mol. The number of nitrogen functional groups attached to an aromatic ring is 1. The van der Waals surface area contributed by atoms with Crippen LogP contribution in [0.2, 0.25) is 0 Å². The van der Waals surface area contributed by atoms with E-state index in [1.54, 1.807) is 6.92 Å². The van der Waals surface area contributed by atoms with Crippen LogP contribution in [0, 0.1) is 17.6 Å². The number of nitrogens with two attached hydrogens (primary N) is 2. The van der Waals surface area contributed by atoms with Crippen molar-refractivity contribution in [3.05, 3.63) is 29.3 Å². The van der Waals surface area contributed by atoms with Crippen LogP contribution in [-0.4, -0.2) is 21.6 Å². The van der Waals surface area contributed by atoms with Crippen LogP contribution in [0.1, 0.15) is 26.3 Å². The monoisotopic (exact) mass is 315 g/mol. The molecular formula is C14H19F2N3OS. The number of aliphatic hydroxyl groups is 1. The Bertz CT molecular complexity index is 610. The van der Waals surface area contributed by atoms with Gasteiger partial charge in [-0.3, -0.25) is 4.99 Å². The van der Waals surface area contributed by atoms with E-state index in [-0.39, 0.29) is 28.9 Å². The Morgan fingerprint density at radius 3 is 2.52 bits per heavy atom. The Balaban J connectivity index is 2.68. The topological polar surface area (TPSA) is 84.6 Å². The van der Waals surface area contributed by atoms with Gasteiger partial charge >= 0.3 is 0 Å². The van der Waals surface area contributed by atoms with Crippen molar-refractivity contribution in [2.24, 2.45) is 16.6 Å². The molecule has 7 heteroatoms. The Labute approximate surface area is 126 Å². The third-order valence-electron chi connectivity index (χ3n) is 4.35. The molecule has 0 unspecified atom stereocenters. The van der Waals surface area contributed by atoms with Gasteiger partial charge in [0, 0.05) is 21.9 Å². The van der Waals surface area contributed by atoms with E-state index in [0.29, 0.717) is 0 Å². The number of benzene rings is 1. The summed E-state index contributed by atoms with van der Waals surface area (Å²) in [5, 5.41) is 9.90. The van der Waals surface area contributed by atoms with Gasteiger partial charge in [-0.2, -0.15) is 0 Å². The van der Waals surface area contributed by atoms with Crippen molar-refractivity contribution >= 4 is 22.6 Å². The minimum absolute atomic E-state index is 0.0513. The molecule has 2 rings (SSSR count). The van der Waals surface area contributed by atoms with Gasteiger partial charge in [0.2, 0.25) is 0 Å². The van der Waals surface area contributed by atoms with Crippen molar-refractivity contribution in [1.82, 2.24) is 0 Å². The average Bonchev–Trinajstić information content (AvgIpc) is 2.40. The zero-order chi connectivity index (χ0) is 16.0. The maximum Gasteiger partial charge on any atom is 0.164 e. The number of amidine groups is 1. The fourth-order valence-electron chi connectivity index (χ4n) is 2.71. The summed E-state index contributed by atoms with van der Waals surface area (Å²) in [7, 11) is 0. The molecule has 0 amide bonds. The molecule has 5 N–H and O–H groups in total. The lowest BCUT2D eigenvalue weighted by molar-refractivity contribution is 0.168. The average molecular weight is 315 g/mol. The molecule has 1 heterocycles. The molecule has 0 fully saturated rings. The van der Waals surface area contributed by atoms with Crippen LogP contribution in [0.4, 0.5) is 14.5 Å². The molecule has 0 radical (unpaired) electrons. The molecule has 3 atom stereocenters. The van der Waals surface area contributed by atoms with Crippen LogP contribution in [0.5, 0.6) is 0 Å². The summed E-state index contributed by atoms with van der Waals surface area (Å²) >= 11 is 1.24. The summed E-state index contributed by atoms with van der Waals surface area (Å²) in [6, 6.07) is 2.31. The smallest absolute Gasteiger partial charge is 0.164 e. The van der Waals surface area contributed by atoms with Gasteiger partial charge in [0.05, 0.1) is 12.1 Å². The first-order chi connectivity index (χ1) is 9.64. The number of aliphatic imine (C=N–C) groups is 1. The van der Waals surface area contributed by atoms with Crippen molar-refractivity contribution in [3.63, 3.8) is 0 Å². The second-order valence-electron chi connectivity index (χ2n) is 5.76. The van der Waals surface area contributed by atoms with Gasteiger partial charge in [0.15, 0.2) is 16.8 Å². The van der Waals surface area contributed by atoms with Crippen molar-refractivity contribution in [2.75, 3.05) is 12.3 Å². The second kappa shape index (κ2) is 5.14. The Hall–Kier alpha value is -1.34. The zero-order valence-electron chi connectivity index (χ0n) is 12.2. The molecule has 0 spiro atoms. The normalized spacial score (nSPS) is 32.9. The van der Waals surface area contributed by atoms with Crippen LogP contribution in [-0.2, 0) is 5.54 Å². The first-order valence-corrected chi connectivity index (χ1v) is 7.36. The number of anilines is 1. The minimum atomic E-state index is -1.10. The number of halogens is 2. The minimum Gasteiger partial charge on any atom is -0.399 e. The van der Waals surface area contributed by atoms with Gasteiger partial charge in [0.25, 0.3) is 0 Å². The van der Waals surface area contributed by atoms with Crippen LogP contribution < -0.4 is 11.5 Å². The van der Waals surface area contributed by atoms with Gasteiger partial charge in [-0.1, -0.05) is 18.7 Å². The van der Waals surface area contributed by atoms with E-state index in [2.05, 4.69) is 4.99 Å². The summed E-state index contributed by atoms with van der Waals surface area (Å²) in [6.07, 6.45) is 0. The Morgan fingerprint density at radius 2 is 1.95 bits per heavy atom. The number of aliphatic hydroxyl groups excluding tert-OH is 1. The standard InChI is InChI=1S/C14H19F2N3OS/c1-7-13(2,6-20)21-12(18)19-14(7,3)9-4-8(17)5-10(15)11(9)16/h4-5,7,20H,6,17H2,1-3H3,(H2,18,19)/t7-,13-,14+/m1/s1. The molecule has 0 saturated carbocycles. The highest BCUT2D eigenvalue weighted by atomic mass is 32.2. The molecule has 1 aliphatic heterocycles. The van der Waals surface area contributed by atoms with E-state index in [4.69, 9.17) is 11.5 Å². The highest BCUT2D eigenvalue weighted by molar-refractivity contribution is 8.15. The van der Waals surface area contributed by atoms with Gasteiger partial charge in [0.1, 0.15) is 0 Å². The Kier molecular flexibility index (Phi) is 3.92. The molecule has 1 aliphatic rings. The SMILES string of the molecule is C[C@@H]1[C@@](C)(CO)SC(N)=N[C@]1(C)c1cc(N)cc(F)c1F. The maximum atomic E-state index is 14.3. The van der Waals surface area contributed by atoms with E-state index < -0.39 is 21.9 Å². The first-order valence-electron chi connectivity index (χ1n) is 6.54. The first kappa shape index (κ1) is 16.0. The quantitative estimate of drug-likeness (QED) is 0.731. The van der Waals surface area contributed by atoms with Crippen molar-refractivity contribution in [1.29, 1.82) is 0 Å². The lowest BCUT2D eigenvalue weighted by Gasteiger charge is -2.46. The largest absolute Gasteiger partial charge is 0.399 e. The van der Waals surface area contributed by atoms with Crippen molar-refractivity contribution < 1.29 is 13.9 Å². The lowest BCUT2D eigenvalue weighted by Crippen LogP contribution is -2.50. The second-order valence-corrected chi connectivity index (χ2v) is 7.31. The van der Waals surface area contributed by atoms with Crippen molar-refractivity contribution in [2.45, 2.75) is 31.1 Å². The highest BCUT2D eigenvalue weighted by Gasteiger charge is 2.50. The number of hydrogen-bond acceptors (Lipinski definition) is 5. The van der Waals surface area contributed by atoms with E-state index >= 15 is 0 Å². The molecule has 4 nitrogen and oxygen atoms in total. The van der Waals surface area contributed by atoms with Crippen LogP contribution >= 0.6 is 11.8 Å². The van der Waals surface area contributed by atoms with E-state index in [9.17, 15) is 13.9 Å². The van der Waals surface area contributed by atoms with Gasteiger partial charge < -0.3 is 16.6 Å². The van der Waals surface area contributed by atoms with Gasteiger partial charge in [-0.15, -0.1) is 0 Å². The van der Waals surface area contributed by atoms with E-state index in [1.807, 2.05) is 13.8 Å². The summed E-state index contributed by atoms with van der Waals surface area (Å²) in [5.74, 6) is -2.29. The van der Waals surface area contributed by atoms with Crippen LogP contribution in [0.3, 0.4) is 0 Å². The number of hydrogen-bond donors (Lipinski definition) is 3. The molecular weight excluding hydrogens is 296 g/mol. The molecule has 0 aliphatic carbocycles. The summed E-state index contributed by atoms with van der Waals surface area (Å²) in [4.78, 5) is 4.34. The molecule has 21 heavy (non-hydrogen) atoms. The number of nitrogens with zero attached hydrogens (tertiary/aromatic N) is 1. The zero-order valence-corrected chi connectivity index (χ0v) is 13.0. The number of thioether (sulfide) groups is 1. The van der Waals surface area contributed by atoms with Gasteiger partial charge in [-0.05, 0) is 26.0 Å². The van der Waals surface area contributed by atoms with E-state index in [1.165, 1.54) is 17.8 Å². The molecule has 1 aromatic carbocycles. The molecule has 0 aromatic heterocycles. The Morgan fingerprint density at radius 1 is 1.33 bits per heavy atom. The summed E-state index contributed by atoms with van der Waals surface area (Å²) < 4.78 is 27.3. The third kappa shape index (κ3) is 2.48. The molecule has 0 bridgehead atoms. The van der Waals surface area contributed by atoms with Gasteiger partial charge in [-0.25, -0.2) is 8.78 Å². The third-order valence-corrected chi connectivity index (χ3v) is 5.60. The fraction of sp³-hybridized carbons (Fsp3) is 0.500. The van der Waals surface area contributed by atoms with Crippen LogP contribution in [0.15, 0.2) is 17.1 Å². The highest BCUT2D eigenvalue weighted by Crippen LogP contribution is 2.50. The summed E-state index contributed by atoms with van der Waals surface area (Å²) in [5.41, 5.74) is 10.5. The molecule has 116 valence electrons. The van der Waals surface area contributed by atoms with Crippen LogP contribution in [0.25, 0.3) is 0 Å². The molecule has 0 saturated heterocycles.